The van der Waals surface area contributed by atoms with Gasteiger partial charge in [0.05, 0.1) is 22.4 Å². The van der Waals surface area contributed by atoms with E-state index in [-0.39, 0.29) is 5.41 Å². The molecule has 2 N–H and O–H groups in total. The first-order valence-electron chi connectivity index (χ1n) is 11.9. The van der Waals surface area contributed by atoms with Crippen molar-refractivity contribution in [3.63, 3.8) is 0 Å². The van der Waals surface area contributed by atoms with Crippen LogP contribution in [0.3, 0.4) is 0 Å². The number of halogens is 2. The largest absolute Gasteiger partial charge is 0.372 e. The zero-order valence-electron chi connectivity index (χ0n) is 19.4. The Labute approximate surface area is 203 Å². The van der Waals surface area contributed by atoms with Crippen molar-refractivity contribution < 1.29 is 0 Å². The van der Waals surface area contributed by atoms with E-state index in [4.69, 9.17) is 23.2 Å². The molecule has 0 radical (unpaired) electrons. The van der Waals surface area contributed by atoms with Crippen molar-refractivity contribution >= 4 is 34.6 Å². The van der Waals surface area contributed by atoms with E-state index in [0.29, 0.717) is 10.0 Å². The predicted octanol–water partition coefficient (Wildman–Crippen LogP) is 5.78. The van der Waals surface area contributed by atoms with Crippen LogP contribution in [0.1, 0.15) is 44.2 Å². The molecule has 1 fully saturated rings. The Morgan fingerprint density at radius 1 is 0.969 bits per heavy atom. The first kappa shape index (κ1) is 23.7. The number of hydrogen-bond donors (Lipinski definition) is 2. The summed E-state index contributed by atoms with van der Waals surface area (Å²) < 4.78 is 0. The summed E-state index contributed by atoms with van der Waals surface area (Å²) >= 11 is 12.6. The average Bonchev–Trinajstić information content (AvgIpc) is 2.93. The molecule has 0 atom stereocenters. The standard InChI is InChI=1S/C26H36Cl2N4/c1-26(2)18-29-19-30-23-17-20(10-11-21(23)26)7-4-3-5-12-31-13-15-32(16-14-31)24-9-6-8-22(27)25(24)28/h6,8-11,17,29-30H,3-5,7,12-16,18-19H2,1-2H3. The van der Waals surface area contributed by atoms with Crippen LogP contribution in [0.2, 0.25) is 10.0 Å². The first-order valence-corrected chi connectivity index (χ1v) is 12.7. The van der Waals surface area contributed by atoms with Crippen molar-refractivity contribution in [1.82, 2.24) is 10.2 Å². The quantitative estimate of drug-likeness (QED) is 0.497. The van der Waals surface area contributed by atoms with Crippen LogP contribution in [0.25, 0.3) is 0 Å². The van der Waals surface area contributed by atoms with Gasteiger partial charge >= 0.3 is 0 Å². The SMILES string of the molecule is CC1(C)CNCNc2cc(CCCCCN3CCN(c4cccc(Cl)c4Cl)CC3)ccc21. The van der Waals surface area contributed by atoms with Crippen LogP contribution in [0.5, 0.6) is 0 Å². The minimum absolute atomic E-state index is 0.166. The highest BCUT2D eigenvalue weighted by molar-refractivity contribution is 6.43. The number of unbranched alkanes of at least 4 members (excludes halogenated alkanes) is 2. The number of nitrogens with zero attached hydrogens (tertiary/aromatic N) is 2. The zero-order valence-corrected chi connectivity index (χ0v) is 20.9. The van der Waals surface area contributed by atoms with Gasteiger partial charge in [0, 0.05) is 43.8 Å². The molecule has 4 rings (SSSR count). The Hall–Kier alpha value is -1.46. The molecule has 0 amide bonds. The van der Waals surface area contributed by atoms with Crippen LogP contribution >= 0.6 is 23.2 Å². The van der Waals surface area contributed by atoms with E-state index in [1.807, 2.05) is 12.1 Å². The summed E-state index contributed by atoms with van der Waals surface area (Å²) in [7, 11) is 0. The third-order valence-corrected chi connectivity index (χ3v) is 7.68. The van der Waals surface area contributed by atoms with Gasteiger partial charge in [0.15, 0.2) is 0 Å². The second kappa shape index (κ2) is 10.6. The molecule has 2 heterocycles. The zero-order chi connectivity index (χ0) is 22.6. The van der Waals surface area contributed by atoms with Crippen LogP contribution in [0.4, 0.5) is 11.4 Å². The number of nitrogens with one attached hydrogen (secondary N) is 2. The summed E-state index contributed by atoms with van der Waals surface area (Å²) in [6.45, 7) is 11.9. The Kier molecular flexibility index (Phi) is 7.88. The Balaban J connectivity index is 1.18. The van der Waals surface area contributed by atoms with E-state index in [2.05, 4.69) is 58.5 Å². The average molecular weight is 476 g/mol. The van der Waals surface area contributed by atoms with Gasteiger partial charge in [0.25, 0.3) is 0 Å². The molecule has 174 valence electrons. The van der Waals surface area contributed by atoms with Gasteiger partial charge in [-0.15, -0.1) is 0 Å². The molecule has 0 aliphatic carbocycles. The molecule has 32 heavy (non-hydrogen) atoms. The van der Waals surface area contributed by atoms with Gasteiger partial charge in [-0.1, -0.05) is 61.7 Å². The summed E-state index contributed by atoms with van der Waals surface area (Å²) in [6.07, 6.45) is 4.94. The maximum Gasteiger partial charge on any atom is 0.0825 e. The van der Waals surface area contributed by atoms with Gasteiger partial charge in [-0.25, -0.2) is 0 Å². The topological polar surface area (TPSA) is 30.5 Å². The van der Waals surface area contributed by atoms with Gasteiger partial charge in [-0.2, -0.15) is 0 Å². The molecule has 2 aromatic rings. The highest BCUT2D eigenvalue weighted by Crippen LogP contribution is 2.33. The van der Waals surface area contributed by atoms with E-state index in [1.54, 1.807) is 0 Å². The molecular weight excluding hydrogens is 439 g/mol. The lowest BCUT2D eigenvalue weighted by atomic mass is 9.83. The minimum Gasteiger partial charge on any atom is -0.372 e. The fourth-order valence-electron chi connectivity index (χ4n) is 4.90. The summed E-state index contributed by atoms with van der Waals surface area (Å²) in [5, 5.41) is 8.34. The second-order valence-corrected chi connectivity index (χ2v) is 10.5. The Morgan fingerprint density at radius 2 is 1.78 bits per heavy atom. The lowest BCUT2D eigenvalue weighted by Crippen LogP contribution is -2.46. The van der Waals surface area contributed by atoms with Gasteiger partial charge in [0.1, 0.15) is 0 Å². The van der Waals surface area contributed by atoms with Gasteiger partial charge in [-0.3, -0.25) is 10.2 Å². The van der Waals surface area contributed by atoms with Gasteiger partial charge < -0.3 is 10.2 Å². The molecule has 2 aromatic carbocycles. The number of aryl methyl sites for hydroxylation is 1. The molecule has 6 heteroatoms. The summed E-state index contributed by atoms with van der Waals surface area (Å²) in [5.74, 6) is 0. The highest BCUT2D eigenvalue weighted by atomic mass is 35.5. The van der Waals surface area contributed by atoms with Crippen molar-refractivity contribution in [3.8, 4) is 0 Å². The second-order valence-electron chi connectivity index (χ2n) is 9.76. The van der Waals surface area contributed by atoms with Gasteiger partial charge in [0.2, 0.25) is 0 Å². The number of piperazine rings is 1. The molecule has 0 unspecified atom stereocenters. The Bertz CT molecular complexity index is 907. The fraction of sp³-hybridized carbons (Fsp3) is 0.538. The van der Waals surface area contributed by atoms with E-state index in [0.717, 1.165) is 51.5 Å². The number of hydrogen-bond acceptors (Lipinski definition) is 4. The van der Waals surface area contributed by atoms with Crippen molar-refractivity contribution in [1.29, 1.82) is 0 Å². The van der Waals surface area contributed by atoms with Crippen LogP contribution in [0, 0.1) is 0 Å². The monoisotopic (exact) mass is 474 g/mol. The normalized spacial score (nSPS) is 18.7. The van der Waals surface area contributed by atoms with Crippen molar-refractivity contribution in [2.45, 2.75) is 44.9 Å². The van der Waals surface area contributed by atoms with Crippen LogP contribution in [-0.2, 0) is 11.8 Å². The van der Waals surface area contributed by atoms with E-state index in [1.165, 1.54) is 42.6 Å². The van der Waals surface area contributed by atoms with Gasteiger partial charge in [-0.05, 0) is 55.1 Å². The fourth-order valence-corrected chi connectivity index (χ4v) is 5.32. The minimum atomic E-state index is 0.166. The predicted molar refractivity (Wildman–Crippen MR) is 139 cm³/mol. The van der Waals surface area contributed by atoms with Crippen LogP contribution in [-0.4, -0.2) is 50.8 Å². The summed E-state index contributed by atoms with van der Waals surface area (Å²) in [5.41, 5.74) is 5.40. The summed E-state index contributed by atoms with van der Waals surface area (Å²) in [4.78, 5) is 4.93. The maximum atomic E-state index is 6.40. The lowest BCUT2D eigenvalue weighted by molar-refractivity contribution is 0.252. The molecular formula is C26H36Cl2N4. The molecule has 0 aromatic heterocycles. The number of fused-ring (bicyclic) bond motifs is 1. The highest BCUT2D eigenvalue weighted by Gasteiger charge is 2.25. The van der Waals surface area contributed by atoms with Crippen molar-refractivity contribution in [3.05, 3.63) is 57.6 Å². The number of benzene rings is 2. The smallest absolute Gasteiger partial charge is 0.0825 e. The maximum absolute atomic E-state index is 6.40. The number of anilines is 2. The molecule has 0 spiro atoms. The summed E-state index contributed by atoms with van der Waals surface area (Å²) in [6, 6.07) is 12.9. The number of rotatable bonds is 7. The molecule has 2 aliphatic rings. The van der Waals surface area contributed by atoms with Crippen molar-refractivity contribution in [2.75, 3.05) is 56.2 Å². The van der Waals surface area contributed by atoms with E-state index in [9.17, 15) is 0 Å². The molecule has 1 saturated heterocycles. The van der Waals surface area contributed by atoms with Crippen LogP contribution in [0.15, 0.2) is 36.4 Å². The van der Waals surface area contributed by atoms with E-state index < -0.39 is 0 Å². The van der Waals surface area contributed by atoms with E-state index >= 15 is 0 Å². The third kappa shape index (κ3) is 5.72. The molecule has 0 bridgehead atoms. The lowest BCUT2D eigenvalue weighted by Gasteiger charge is -2.36. The van der Waals surface area contributed by atoms with Crippen molar-refractivity contribution in [2.24, 2.45) is 0 Å². The first-order chi connectivity index (χ1) is 15.4. The third-order valence-electron chi connectivity index (χ3n) is 6.87. The van der Waals surface area contributed by atoms with Crippen LogP contribution < -0.4 is 15.5 Å². The molecule has 4 nitrogen and oxygen atoms in total. The Morgan fingerprint density at radius 3 is 2.59 bits per heavy atom. The molecule has 2 aliphatic heterocycles. The molecule has 0 saturated carbocycles.